The van der Waals surface area contributed by atoms with Gasteiger partial charge in [0.25, 0.3) is 0 Å². The topological polar surface area (TPSA) is 66.9 Å². The molecule has 5 nitrogen and oxygen atoms in total. The molecule has 0 spiro atoms. The van der Waals surface area contributed by atoms with Crippen LogP contribution >= 0.6 is 15.9 Å². The maximum atomic E-state index is 12.0. The molecule has 1 amide bonds. The fourth-order valence-corrected chi connectivity index (χ4v) is 3.37. The van der Waals surface area contributed by atoms with Crippen molar-refractivity contribution < 1.29 is 4.79 Å². The summed E-state index contributed by atoms with van der Waals surface area (Å²) in [5.41, 5.74) is 0.886. The van der Waals surface area contributed by atoms with Gasteiger partial charge in [0.05, 0.1) is 5.52 Å². The van der Waals surface area contributed by atoms with Crippen LogP contribution in [0.4, 0.5) is 5.82 Å². The second-order valence-corrected chi connectivity index (χ2v) is 6.88. The van der Waals surface area contributed by atoms with E-state index < -0.39 is 0 Å². The molecule has 1 heterocycles. The van der Waals surface area contributed by atoms with E-state index >= 15 is 0 Å². The molecule has 1 aliphatic carbocycles. The van der Waals surface area contributed by atoms with Crippen molar-refractivity contribution in [1.82, 2.24) is 15.3 Å². The first-order valence-corrected chi connectivity index (χ1v) is 8.95. The zero-order chi connectivity index (χ0) is 16.1. The van der Waals surface area contributed by atoms with E-state index in [2.05, 4.69) is 36.5 Å². The third kappa shape index (κ3) is 4.41. The Balaban J connectivity index is 1.54. The fourth-order valence-electron chi connectivity index (χ4n) is 3.01. The summed E-state index contributed by atoms with van der Waals surface area (Å²) in [6, 6.07) is 6.26. The molecule has 2 aromatic rings. The largest absolute Gasteiger partial charge is 0.369 e. The van der Waals surface area contributed by atoms with Gasteiger partial charge in [-0.2, -0.15) is 0 Å². The first-order chi connectivity index (χ1) is 11.2. The monoisotopic (exact) mass is 376 g/mol. The second-order valence-electron chi connectivity index (χ2n) is 5.96. The number of aromatic nitrogens is 2. The van der Waals surface area contributed by atoms with Crippen LogP contribution in [-0.2, 0) is 4.79 Å². The number of anilines is 1. The highest BCUT2D eigenvalue weighted by molar-refractivity contribution is 9.10. The highest BCUT2D eigenvalue weighted by Crippen LogP contribution is 2.23. The number of amides is 1. The van der Waals surface area contributed by atoms with E-state index in [1.807, 2.05) is 18.2 Å². The van der Waals surface area contributed by atoms with E-state index in [4.69, 9.17) is 0 Å². The van der Waals surface area contributed by atoms with Crippen LogP contribution in [0.15, 0.2) is 29.0 Å². The maximum absolute atomic E-state index is 12.0. The summed E-state index contributed by atoms with van der Waals surface area (Å²) in [4.78, 5) is 20.6. The summed E-state index contributed by atoms with van der Waals surface area (Å²) in [6.07, 6.45) is 7.98. The summed E-state index contributed by atoms with van der Waals surface area (Å²) in [6.45, 7) is 0.567. The molecule has 1 fully saturated rings. The van der Waals surface area contributed by atoms with Gasteiger partial charge >= 0.3 is 0 Å². The lowest BCUT2D eigenvalue weighted by atomic mass is 9.95. The molecule has 1 aromatic carbocycles. The summed E-state index contributed by atoms with van der Waals surface area (Å²) < 4.78 is 0.984. The molecule has 23 heavy (non-hydrogen) atoms. The lowest BCUT2D eigenvalue weighted by molar-refractivity contribution is -0.121. The molecule has 0 aliphatic heterocycles. The van der Waals surface area contributed by atoms with Crippen LogP contribution in [-0.4, -0.2) is 28.5 Å². The average Bonchev–Trinajstić information content (AvgIpc) is 2.56. The molecular weight excluding hydrogens is 356 g/mol. The summed E-state index contributed by atoms with van der Waals surface area (Å²) >= 11 is 3.47. The van der Waals surface area contributed by atoms with Crippen molar-refractivity contribution in [2.45, 2.75) is 44.6 Å². The smallest absolute Gasteiger partial charge is 0.221 e. The van der Waals surface area contributed by atoms with Crippen molar-refractivity contribution in [3.05, 3.63) is 29.0 Å². The Kier molecular flexibility index (Phi) is 5.43. The molecule has 1 aromatic heterocycles. The van der Waals surface area contributed by atoms with Gasteiger partial charge in [-0.15, -0.1) is 0 Å². The summed E-state index contributed by atoms with van der Waals surface area (Å²) in [7, 11) is 0. The SMILES string of the molecule is O=C(CCNc1ncnc2ccc(Br)cc12)NC1CCCCC1. The van der Waals surface area contributed by atoms with Crippen molar-refractivity contribution >= 4 is 38.6 Å². The summed E-state index contributed by atoms with van der Waals surface area (Å²) in [5.74, 6) is 0.880. The van der Waals surface area contributed by atoms with E-state index in [0.717, 1.165) is 34.0 Å². The molecule has 0 unspecified atom stereocenters. The zero-order valence-electron chi connectivity index (χ0n) is 13.0. The van der Waals surface area contributed by atoms with E-state index in [0.29, 0.717) is 19.0 Å². The van der Waals surface area contributed by atoms with E-state index in [1.54, 1.807) is 6.33 Å². The third-order valence-corrected chi connectivity index (χ3v) is 4.71. The Morgan fingerprint density at radius 3 is 2.87 bits per heavy atom. The Hall–Kier alpha value is -1.69. The molecular formula is C17H21BrN4O. The minimum atomic E-state index is 0.115. The molecule has 0 bridgehead atoms. The minimum absolute atomic E-state index is 0.115. The quantitative estimate of drug-likeness (QED) is 0.835. The van der Waals surface area contributed by atoms with Crippen LogP contribution in [0.1, 0.15) is 38.5 Å². The van der Waals surface area contributed by atoms with Gasteiger partial charge in [-0.3, -0.25) is 4.79 Å². The van der Waals surface area contributed by atoms with Gasteiger partial charge in [-0.05, 0) is 31.0 Å². The van der Waals surface area contributed by atoms with Gasteiger partial charge < -0.3 is 10.6 Å². The van der Waals surface area contributed by atoms with Crippen LogP contribution in [0.25, 0.3) is 10.9 Å². The van der Waals surface area contributed by atoms with Crippen LogP contribution < -0.4 is 10.6 Å². The van der Waals surface area contributed by atoms with E-state index in [9.17, 15) is 4.79 Å². The minimum Gasteiger partial charge on any atom is -0.369 e. The first kappa shape index (κ1) is 16.2. The van der Waals surface area contributed by atoms with Gasteiger partial charge in [0.2, 0.25) is 5.91 Å². The number of fused-ring (bicyclic) bond motifs is 1. The predicted molar refractivity (Wildman–Crippen MR) is 95.4 cm³/mol. The van der Waals surface area contributed by atoms with Crippen molar-refractivity contribution in [1.29, 1.82) is 0 Å². The molecule has 1 saturated carbocycles. The number of benzene rings is 1. The third-order valence-electron chi connectivity index (χ3n) is 4.21. The predicted octanol–water partition coefficient (Wildman–Crippen LogP) is 3.64. The highest BCUT2D eigenvalue weighted by Gasteiger charge is 2.15. The average molecular weight is 377 g/mol. The van der Waals surface area contributed by atoms with Crippen LogP contribution in [0.3, 0.4) is 0 Å². The number of carbonyl (C=O) groups is 1. The van der Waals surface area contributed by atoms with Crippen LogP contribution in [0.2, 0.25) is 0 Å². The number of rotatable bonds is 5. The van der Waals surface area contributed by atoms with Gasteiger partial charge in [-0.1, -0.05) is 35.2 Å². The van der Waals surface area contributed by atoms with Gasteiger partial charge in [-0.25, -0.2) is 9.97 Å². The second kappa shape index (κ2) is 7.73. The first-order valence-electron chi connectivity index (χ1n) is 8.16. The summed E-state index contributed by atoms with van der Waals surface area (Å²) in [5, 5.41) is 7.34. The molecule has 0 atom stereocenters. The number of nitrogens with one attached hydrogen (secondary N) is 2. The Morgan fingerprint density at radius 1 is 1.22 bits per heavy atom. The molecule has 0 radical (unpaired) electrons. The lowest BCUT2D eigenvalue weighted by Crippen LogP contribution is -2.36. The number of halogens is 1. The van der Waals surface area contributed by atoms with Crippen molar-refractivity contribution in [3.63, 3.8) is 0 Å². The van der Waals surface area contributed by atoms with Gasteiger partial charge in [0, 0.05) is 28.9 Å². The van der Waals surface area contributed by atoms with Gasteiger partial charge in [0.1, 0.15) is 12.1 Å². The molecule has 2 N–H and O–H groups in total. The van der Waals surface area contributed by atoms with Crippen LogP contribution in [0, 0.1) is 0 Å². The molecule has 0 saturated heterocycles. The molecule has 6 heteroatoms. The Bertz CT molecular complexity index is 685. The standard InChI is InChI=1S/C17H21BrN4O/c18-12-6-7-15-14(10-12)17(21-11-20-15)19-9-8-16(23)22-13-4-2-1-3-5-13/h6-7,10-11,13H,1-5,8-9H2,(H,22,23)(H,19,20,21). The maximum Gasteiger partial charge on any atom is 0.221 e. The van der Waals surface area contributed by atoms with Crippen molar-refractivity contribution in [2.75, 3.05) is 11.9 Å². The Morgan fingerprint density at radius 2 is 2.04 bits per heavy atom. The zero-order valence-corrected chi connectivity index (χ0v) is 14.6. The van der Waals surface area contributed by atoms with Crippen LogP contribution in [0.5, 0.6) is 0 Å². The molecule has 122 valence electrons. The molecule has 3 rings (SSSR count). The van der Waals surface area contributed by atoms with E-state index in [1.165, 1.54) is 19.3 Å². The van der Waals surface area contributed by atoms with Gasteiger partial charge in [0.15, 0.2) is 0 Å². The Labute approximate surface area is 144 Å². The molecule has 1 aliphatic rings. The number of carbonyl (C=O) groups excluding carboxylic acids is 1. The van der Waals surface area contributed by atoms with Crippen molar-refractivity contribution in [2.24, 2.45) is 0 Å². The fraction of sp³-hybridized carbons (Fsp3) is 0.471. The van der Waals surface area contributed by atoms with Crippen molar-refractivity contribution in [3.8, 4) is 0 Å². The number of hydrogen-bond donors (Lipinski definition) is 2. The normalized spacial score (nSPS) is 15.5. The number of nitrogens with zero attached hydrogens (tertiary/aromatic N) is 2. The van der Waals surface area contributed by atoms with E-state index in [-0.39, 0.29) is 5.91 Å². The lowest BCUT2D eigenvalue weighted by Gasteiger charge is -2.22. The highest BCUT2D eigenvalue weighted by atomic mass is 79.9. The number of hydrogen-bond acceptors (Lipinski definition) is 4.